The van der Waals surface area contributed by atoms with E-state index in [1.54, 1.807) is 37.5 Å². The number of aromatic amines is 1. The van der Waals surface area contributed by atoms with Crippen molar-refractivity contribution in [3.05, 3.63) is 63.2 Å². The molecule has 0 fully saturated rings. The van der Waals surface area contributed by atoms with E-state index in [1.165, 1.54) is 0 Å². The molecular weight excluding hydrogens is 387 g/mol. The Labute approximate surface area is 166 Å². The minimum Gasteiger partial charge on any atom is -0.493 e. The zero-order valence-corrected chi connectivity index (χ0v) is 16.4. The van der Waals surface area contributed by atoms with E-state index >= 15 is 0 Å². The van der Waals surface area contributed by atoms with E-state index < -0.39 is 0 Å². The fourth-order valence-corrected chi connectivity index (χ4v) is 2.93. The molecule has 3 aromatic rings. The number of benzene rings is 2. The van der Waals surface area contributed by atoms with Gasteiger partial charge in [0.25, 0.3) is 5.56 Å². The molecule has 7 heteroatoms. The quantitative estimate of drug-likeness (QED) is 0.619. The van der Waals surface area contributed by atoms with Gasteiger partial charge in [0, 0.05) is 5.02 Å². The normalized spacial score (nSPS) is 11.6. The Hall–Kier alpha value is -2.50. The molecule has 0 spiro atoms. The monoisotopic (exact) mass is 404 g/mol. The van der Waals surface area contributed by atoms with Crippen LogP contribution in [0.3, 0.4) is 0 Å². The smallest absolute Gasteiger partial charge is 0.259 e. The summed E-state index contributed by atoms with van der Waals surface area (Å²) in [4.78, 5) is 19.4. The van der Waals surface area contributed by atoms with Crippen LogP contribution in [0.1, 0.15) is 24.7 Å². The number of fused-ring (bicyclic) bond motifs is 1. The van der Waals surface area contributed by atoms with Gasteiger partial charge in [-0.15, -0.1) is 0 Å². The largest absolute Gasteiger partial charge is 0.493 e. The first-order valence-electron chi connectivity index (χ1n) is 8.39. The second-order valence-electron chi connectivity index (χ2n) is 5.83. The Balaban J connectivity index is 1.99. The SMILES string of the molecule is CCCOc1cc(/C=C(\Cl)c2nc3ccc(Cl)cc3c(=O)[nH]2)ccc1OC. The van der Waals surface area contributed by atoms with E-state index in [9.17, 15) is 4.79 Å². The molecule has 1 aromatic heterocycles. The van der Waals surface area contributed by atoms with Crippen LogP contribution in [-0.2, 0) is 0 Å². The van der Waals surface area contributed by atoms with Crippen LogP contribution in [0.5, 0.6) is 11.5 Å². The molecule has 5 nitrogen and oxygen atoms in total. The number of hydrogen-bond donors (Lipinski definition) is 1. The highest BCUT2D eigenvalue weighted by atomic mass is 35.5. The van der Waals surface area contributed by atoms with Crippen molar-refractivity contribution in [1.82, 2.24) is 9.97 Å². The molecule has 0 saturated heterocycles. The maximum atomic E-state index is 12.3. The molecule has 0 saturated carbocycles. The van der Waals surface area contributed by atoms with Crippen molar-refractivity contribution in [3.8, 4) is 11.5 Å². The first-order chi connectivity index (χ1) is 13.0. The average molecular weight is 405 g/mol. The fourth-order valence-electron chi connectivity index (χ4n) is 2.55. The number of methoxy groups -OCH3 is 1. The molecule has 0 atom stereocenters. The van der Waals surface area contributed by atoms with E-state index in [-0.39, 0.29) is 11.4 Å². The molecule has 2 aromatic carbocycles. The van der Waals surface area contributed by atoms with E-state index in [0.717, 1.165) is 12.0 Å². The lowest BCUT2D eigenvalue weighted by Gasteiger charge is -2.11. The molecule has 0 aliphatic rings. The zero-order valence-electron chi connectivity index (χ0n) is 14.9. The predicted molar refractivity (Wildman–Crippen MR) is 110 cm³/mol. The van der Waals surface area contributed by atoms with Gasteiger partial charge in [-0.1, -0.05) is 36.2 Å². The van der Waals surface area contributed by atoms with Gasteiger partial charge in [0.2, 0.25) is 0 Å². The van der Waals surface area contributed by atoms with Crippen LogP contribution in [0.15, 0.2) is 41.2 Å². The lowest BCUT2D eigenvalue weighted by atomic mass is 10.2. The summed E-state index contributed by atoms with van der Waals surface area (Å²) >= 11 is 12.3. The Morgan fingerprint density at radius 2 is 2.04 bits per heavy atom. The molecule has 0 bridgehead atoms. The number of nitrogens with one attached hydrogen (secondary N) is 1. The molecule has 0 aliphatic carbocycles. The Morgan fingerprint density at radius 1 is 1.22 bits per heavy atom. The minimum atomic E-state index is -0.300. The summed E-state index contributed by atoms with van der Waals surface area (Å²) in [5, 5.41) is 1.19. The Bertz CT molecular complexity index is 1060. The number of aromatic nitrogens is 2. The third kappa shape index (κ3) is 4.43. The third-order valence-corrected chi connectivity index (χ3v) is 4.36. The number of H-pyrrole nitrogens is 1. The van der Waals surface area contributed by atoms with Crippen LogP contribution >= 0.6 is 23.2 Å². The summed E-state index contributed by atoms with van der Waals surface area (Å²) in [6.07, 6.45) is 2.59. The highest BCUT2D eigenvalue weighted by molar-refractivity contribution is 6.50. The van der Waals surface area contributed by atoms with Crippen LogP contribution in [-0.4, -0.2) is 23.7 Å². The van der Waals surface area contributed by atoms with Crippen LogP contribution in [0.4, 0.5) is 0 Å². The molecule has 27 heavy (non-hydrogen) atoms. The van der Waals surface area contributed by atoms with Gasteiger partial charge in [-0.05, 0) is 48.4 Å². The van der Waals surface area contributed by atoms with E-state index in [2.05, 4.69) is 9.97 Å². The van der Waals surface area contributed by atoms with Crippen molar-refractivity contribution in [2.45, 2.75) is 13.3 Å². The molecule has 3 rings (SSSR count). The van der Waals surface area contributed by atoms with Gasteiger partial charge in [-0.3, -0.25) is 4.79 Å². The van der Waals surface area contributed by atoms with Crippen molar-refractivity contribution in [3.63, 3.8) is 0 Å². The van der Waals surface area contributed by atoms with E-state index in [4.69, 9.17) is 32.7 Å². The maximum Gasteiger partial charge on any atom is 0.259 e. The Morgan fingerprint density at radius 3 is 2.78 bits per heavy atom. The highest BCUT2D eigenvalue weighted by Gasteiger charge is 2.09. The van der Waals surface area contributed by atoms with Crippen LogP contribution < -0.4 is 15.0 Å². The molecule has 0 radical (unpaired) electrons. The summed E-state index contributed by atoms with van der Waals surface area (Å²) in [5.74, 6) is 1.56. The summed E-state index contributed by atoms with van der Waals surface area (Å²) < 4.78 is 11.0. The van der Waals surface area contributed by atoms with Crippen LogP contribution in [0.2, 0.25) is 5.02 Å². The number of nitrogens with zero attached hydrogens (tertiary/aromatic N) is 1. The number of hydrogen-bond acceptors (Lipinski definition) is 4. The van der Waals surface area contributed by atoms with Gasteiger partial charge in [0.15, 0.2) is 17.3 Å². The standard InChI is InChI=1S/C20H18Cl2N2O3/c1-3-8-27-18-10-12(4-7-17(18)26-2)9-15(22)19-23-16-6-5-13(21)11-14(16)20(25)24-19/h4-7,9-11H,3,8H2,1-2H3,(H,23,24,25)/b15-9-. The van der Waals surface area contributed by atoms with Crippen LogP contribution in [0, 0.1) is 0 Å². The summed E-state index contributed by atoms with van der Waals surface area (Å²) in [6.45, 7) is 2.61. The van der Waals surface area contributed by atoms with E-state index in [1.807, 2.05) is 19.1 Å². The number of rotatable bonds is 6. The third-order valence-electron chi connectivity index (χ3n) is 3.84. The average Bonchev–Trinajstić information content (AvgIpc) is 2.66. The first-order valence-corrected chi connectivity index (χ1v) is 9.15. The molecular formula is C20H18Cl2N2O3. The second-order valence-corrected chi connectivity index (χ2v) is 6.67. The van der Waals surface area contributed by atoms with Gasteiger partial charge in [0.05, 0.1) is 29.7 Å². The van der Waals surface area contributed by atoms with Gasteiger partial charge in [-0.25, -0.2) is 4.98 Å². The van der Waals surface area contributed by atoms with Gasteiger partial charge < -0.3 is 14.5 Å². The molecule has 0 aliphatic heterocycles. The van der Waals surface area contributed by atoms with E-state index in [0.29, 0.717) is 39.1 Å². The van der Waals surface area contributed by atoms with Gasteiger partial charge >= 0.3 is 0 Å². The second kappa shape index (κ2) is 8.46. The summed E-state index contributed by atoms with van der Waals surface area (Å²) in [6, 6.07) is 10.4. The molecule has 140 valence electrons. The fraction of sp³-hybridized carbons (Fsp3) is 0.200. The van der Waals surface area contributed by atoms with Crippen molar-refractivity contribution in [2.75, 3.05) is 13.7 Å². The summed E-state index contributed by atoms with van der Waals surface area (Å²) in [7, 11) is 1.59. The molecule has 0 unspecified atom stereocenters. The van der Waals surface area contributed by atoms with Crippen molar-refractivity contribution >= 4 is 45.2 Å². The maximum absolute atomic E-state index is 12.3. The number of halogens is 2. The van der Waals surface area contributed by atoms with Crippen molar-refractivity contribution in [1.29, 1.82) is 0 Å². The predicted octanol–water partition coefficient (Wildman–Crippen LogP) is 5.11. The lowest BCUT2D eigenvalue weighted by Crippen LogP contribution is -2.10. The molecule has 1 heterocycles. The topological polar surface area (TPSA) is 64.2 Å². The van der Waals surface area contributed by atoms with Crippen molar-refractivity contribution in [2.24, 2.45) is 0 Å². The molecule has 0 amide bonds. The summed E-state index contributed by atoms with van der Waals surface area (Å²) in [5.41, 5.74) is 1.02. The first kappa shape index (κ1) is 19.3. The highest BCUT2D eigenvalue weighted by Crippen LogP contribution is 2.30. The van der Waals surface area contributed by atoms with Crippen LogP contribution in [0.25, 0.3) is 22.0 Å². The number of ether oxygens (including phenoxy) is 2. The molecule has 1 N–H and O–H groups in total. The van der Waals surface area contributed by atoms with Crippen molar-refractivity contribution < 1.29 is 9.47 Å². The zero-order chi connectivity index (χ0) is 19.4. The van der Waals surface area contributed by atoms with Gasteiger partial charge in [0.1, 0.15) is 0 Å². The minimum absolute atomic E-state index is 0.281. The Kier molecular flexibility index (Phi) is 6.04. The van der Waals surface area contributed by atoms with Gasteiger partial charge in [-0.2, -0.15) is 0 Å². The lowest BCUT2D eigenvalue weighted by molar-refractivity contribution is 0.294.